The molecule has 0 aliphatic heterocycles. The first-order chi connectivity index (χ1) is 12.5. The van der Waals surface area contributed by atoms with E-state index in [4.69, 9.17) is 0 Å². The van der Waals surface area contributed by atoms with E-state index in [2.05, 4.69) is 10.6 Å². The number of carbonyl (C=O) groups is 2. The number of aryl methyl sites for hydroxylation is 1. The van der Waals surface area contributed by atoms with Crippen LogP contribution in [0.1, 0.15) is 43.4 Å². The zero-order chi connectivity index (χ0) is 18.5. The number of phenols is 1. The van der Waals surface area contributed by atoms with Gasteiger partial charge in [-0.3, -0.25) is 9.59 Å². The highest BCUT2D eigenvalue weighted by Crippen LogP contribution is 2.30. The van der Waals surface area contributed by atoms with Crippen molar-refractivity contribution in [2.24, 2.45) is 5.92 Å². The third-order valence-electron chi connectivity index (χ3n) is 4.62. The molecule has 1 atom stereocenters. The standard InChI is InChI=1S/C21H24N2O3/c1-14(22-20(25)13-10-16-4-2-3-5-19(16)24)15-8-11-18(12-9-15)23-21(26)17-6-7-17/h2-5,8-9,11-12,14,17,24H,6-7,10,13H2,1H3,(H,22,25)(H,23,26). The predicted molar refractivity (Wildman–Crippen MR) is 101 cm³/mol. The number of hydrogen-bond acceptors (Lipinski definition) is 3. The monoisotopic (exact) mass is 352 g/mol. The Hall–Kier alpha value is -2.82. The summed E-state index contributed by atoms with van der Waals surface area (Å²) in [7, 11) is 0. The van der Waals surface area contributed by atoms with Crippen molar-refractivity contribution < 1.29 is 14.7 Å². The minimum absolute atomic E-state index is 0.0631. The highest BCUT2D eigenvalue weighted by Gasteiger charge is 2.29. The Labute approximate surface area is 153 Å². The molecule has 5 heteroatoms. The second-order valence-corrected chi connectivity index (χ2v) is 6.80. The topological polar surface area (TPSA) is 78.4 Å². The van der Waals surface area contributed by atoms with Crippen LogP contribution in [0.15, 0.2) is 48.5 Å². The van der Waals surface area contributed by atoms with Crippen LogP contribution in [0.5, 0.6) is 5.75 Å². The molecule has 1 aliphatic rings. The SMILES string of the molecule is CC(NC(=O)CCc1ccccc1O)c1ccc(NC(=O)C2CC2)cc1. The Morgan fingerprint density at radius 3 is 2.46 bits per heavy atom. The molecule has 2 aromatic carbocycles. The number of nitrogens with one attached hydrogen (secondary N) is 2. The average Bonchev–Trinajstić information content (AvgIpc) is 3.47. The summed E-state index contributed by atoms with van der Waals surface area (Å²) in [6, 6.07) is 14.5. The van der Waals surface area contributed by atoms with Crippen molar-refractivity contribution in [3.05, 3.63) is 59.7 Å². The molecule has 0 saturated heterocycles. The number of hydrogen-bond donors (Lipinski definition) is 3. The van der Waals surface area contributed by atoms with Crippen LogP contribution < -0.4 is 10.6 Å². The molecule has 5 nitrogen and oxygen atoms in total. The number of anilines is 1. The molecular formula is C21H24N2O3. The number of para-hydroxylation sites is 1. The van der Waals surface area contributed by atoms with Crippen LogP contribution >= 0.6 is 0 Å². The molecule has 2 aromatic rings. The lowest BCUT2D eigenvalue weighted by Gasteiger charge is -2.15. The van der Waals surface area contributed by atoms with Crippen molar-refractivity contribution >= 4 is 17.5 Å². The highest BCUT2D eigenvalue weighted by atomic mass is 16.3. The number of aromatic hydroxyl groups is 1. The normalized spacial score (nSPS) is 14.5. The van der Waals surface area contributed by atoms with E-state index in [1.165, 1.54) is 0 Å². The molecule has 136 valence electrons. The van der Waals surface area contributed by atoms with E-state index in [0.29, 0.717) is 12.8 Å². The maximum Gasteiger partial charge on any atom is 0.227 e. The summed E-state index contributed by atoms with van der Waals surface area (Å²) >= 11 is 0. The Kier molecular flexibility index (Phi) is 5.56. The molecule has 2 amide bonds. The second kappa shape index (κ2) is 8.04. The van der Waals surface area contributed by atoms with Gasteiger partial charge in [-0.15, -0.1) is 0 Å². The second-order valence-electron chi connectivity index (χ2n) is 6.80. The largest absolute Gasteiger partial charge is 0.508 e. The van der Waals surface area contributed by atoms with Crippen molar-refractivity contribution in [3.8, 4) is 5.75 Å². The van der Waals surface area contributed by atoms with Crippen molar-refractivity contribution in [1.82, 2.24) is 5.32 Å². The first-order valence-corrected chi connectivity index (χ1v) is 9.00. The number of benzene rings is 2. The first kappa shape index (κ1) is 18.0. The number of carbonyl (C=O) groups excluding carboxylic acids is 2. The summed E-state index contributed by atoms with van der Waals surface area (Å²) in [6.45, 7) is 1.93. The Morgan fingerprint density at radius 2 is 1.81 bits per heavy atom. The van der Waals surface area contributed by atoms with Crippen LogP contribution in [-0.2, 0) is 16.0 Å². The molecule has 3 rings (SSSR count). The predicted octanol–water partition coefficient (Wildman–Crippen LogP) is 3.55. The van der Waals surface area contributed by atoms with Crippen LogP contribution in [0.2, 0.25) is 0 Å². The van der Waals surface area contributed by atoms with E-state index in [0.717, 1.165) is 29.7 Å². The lowest BCUT2D eigenvalue weighted by molar-refractivity contribution is -0.121. The third kappa shape index (κ3) is 4.85. The fraction of sp³-hybridized carbons (Fsp3) is 0.333. The first-order valence-electron chi connectivity index (χ1n) is 9.00. The molecule has 3 N–H and O–H groups in total. The van der Waals surface area contributed by atoms with Crippen molar-refractivity contribution in [3.63, 3.8) is 0 Å². The lowest BCUT2D eigenvalue weighted by atomic mass is 10.1. The van der Waals surface area contributed by atoms with E-state index in [1.807, 2.05) is 43.3 Å². The molecule has 1 aliphatic carbocycles. The molecule has 0 spiro atoms. The van der Waals surface area contributed by atoms with Crippen molar-refractivity contribution in [2.45, 2.75) is 38.6 Å². The Morgan fingerprint density at radius 1 is 1.12 bits per heavy atom. The Bertz CT molecular complexity index is 782. The third-order valence-corrected chi connectivity index (χ3v) is 4.62. The van der Waals surface area contributed by atoms with Gasteiger partial charge >= 0.3 is 0 Å². The summed E-state index contributed by atoms with van der Waals surface area (Å²) in [5.74, 6) is 0.421. The molecular weight excluding hydrogens is 328 g/mol. The lowest BCUT2D eigenvalue weighted by Crippen LogP contribution is -2.26. The van der Waals surface area contributed by atoms with Crippen LogP contribution in [0.25, 0.3) is 0 Å². The van der Waals surface area contributed by atoms with E-state index in [9.17, 15) is 14.7 Å². The van der Waals surface area contributed by atoms with Crippen LogP contribution in [0.3, 0.4) is 0 Å². The van der Waals surface area contributed by atoms with Crippen molar-refractivity contribution in [1.29, 1.82) is 0 Å². The summed E-state index contributed by atoms with van der Waals surface area (Å²) in [5.41, 5.74) is 2.53. The van der Waals surface area contributed by atoms with Gasteiger partial charge in [0, 0.05) is 18.0 Å². The zero-order valence-corrected chi connectivity index (χ0v) is 14.9. The minimum Gasteiger partial charge on any atom is -0.508 e. The van der Waals surface area contributed by atoms with Gasteiger partial charge in [0.05, 0.1) is 6.04 Å². The fourth-order valence-corrected chi connectivity index (χ4v) is 2.81. The van der Waals surface area contributed by atoms with E-state index >= 15 is 0 Å². The minimum atomic E-state index is -0.125. The molecule has 26 heavy (non-hydrogen) atoms. The molecule has 0 aromatic heterocycles. The van der Waals surface area contributed by atoms with Gasteiger partial charge in [0.25, 0.3) is 0 Å². The van der Waals surface area contributed by atoms with Gasteiger partial charge in [0.2, 0.25) is 11.8 Å². The van der Waals surface area contributed by atoms with Gasteiger partial charge in [0.1, 0.15) is 5.75 Å². The maximum atomic E-state index is 12.2. The molecule has 0 bridgehead atoms. The Balaban J connectivity index is 1.49. The summed E-state index contributed by atoms with van der Waals surface area (Å²) in [4.78, 5) is 23.9. The van der Waals surface area contributed by atoms with Gasteiger partial charge in [-0.1, -0.05) is 30.3 Å². The van der Waals surface area contributed by atoms with Gasteiger partial charge in [-0.2, -0.15) is 0 Å². The van der Waals surface area contributed by atoms with E-state index in [-0.39, 0.29) is 29.5 Å². The molecule has 0 radical (unpaired) electrons. The van der Waals surface area contributed by atoms with Gasteiger partial charge in [0.15, 0.2) is 0 Å². The fourth-order valence-electron chi connectivity index (χ4n) is 2.81. The zero-order valence-electron chi connectivity index (χ0n) is 14.9. The van der Waals surface area contributed by atoms with Gasteiger partial charge in [-0.05, 0) is 55.5 Å². The van der Waals surface area contributed by atoms with Gasteiger partial charge in [-0.25, -0.2) is 0 Å². The number of amides is 2. The molecule has 1 fully saturated rings. The number of phenolic OH excluding ortho intramolecular Hbond substituents is 1. The summed E-state index contributed by atoms with van der Waals surface area (Å²) < 4.78 is 0. The average molecular weight is 352 g/mol. The van der Waals surface area contributed by atoms with E-state index in [1.54, 1.807) is 12.1 Å². The van der Waals surface area contributed by atoms with E-state index < -0.39 is 0 Å². The van der Waals surface area contributed by atoms with Gasteiger partial charge < -0.3 is 15.7 Å². The summed E-state index contributed by atoms with van der Waals surface area (Å²) in [6.07, 6.45) is 2.77. The van der Waals surface area contributed by atoms with Crippen molar-refractivity contribution in [2.75, 3.05) is 5.32 Å². The number of rotatable bonds is 7. The van der Waals surface area contributed by atoms with Crippen LogP contribution in [0.4, 0.5) is 5.69 Å². The maximum absolute atomic E-state index is 12.2. The molecule has 1 saturated carbocycles. The quantitative estimate of drug-likeness (QED) is 0.713. The highest BCUT2D eigenvalue weighted by molar-refractivity contribution is 5.94. The van der Waals surface area contributed by atoms with Crippen LogP contribution in [-0.4, -0.2) is 16.9 Å². The van der Waals surface area contributed by atoms with Crippen LogP contribution in [0, 0.1) is 5.92 Å². The summed E-state index contributed by atoms with van der Waals surface area (Å²) in [5, 5.41) is 15.6. The smallest absolute Gasteiger partial charge is 0.227 e. The molecule has 1 unspecified atom stereocenters. The molecule has 0 heterocycles.